The predicted octanol–water partition coefficient (Wildman–Crippen LogP) is 9.01. The molecule has 1 amide bonds. The number of sulfonamides is 1. The molecule has 2 aliphatic carbocycles. The molecule has 0 saturated heterocycles. The zero-order valence-corrected chi connectivity index (χ0v) is 31.3. The summed E-state index contributed by atoms with van der Waals surface area (Å²) in [6.07, 6.45) is 2.81. The van der Waals surface area contributed by atoms with Crippen molar-refractivity contribution in [3.8, 4) is 5.75 Å². The van der Waals surface area contributed by atoms with E-state index in [4.69, 9.17) is 16.3 Å². The highest BCUT2D eigenvalue weighted by Gasteiger charge is 2.40. The van der Waals surface area contributed by atoms with Crippen LogP contribution in [0.3, 0.4) is 0 Å². The van der Waals surface area contributed by atoms with Crippen LogP contribution in [0.1, 0.15) is 85.0 Å². The van der Waals surface area contributed by atoms with Crippen molar-refractivity contribution < 1.29 is 54.2 Å². The third-order valence-corrected chi connectivity index (χ3v) is 11.5. The molecule has 4 aromatic rings. The lowest BCUT2D eigenvalue weighted by Crippen LogP contribution is -2.43. The summed E-state index contributed by atoms with van der Waals surface area (Å²) in [6.45, 7) is 3.19. The summed E-state index contributed by atoms with van der Waals surface area (Å²) in [5.74, 6) is -16.4. The molecule has 0 bridgehead atoms. The van der Waals surface area contributed by atoms with E-state index in [-0.39, 0.29) is 50.3 Å². The van der Waals surface area contributed by atoms with Gasteiger partial charge in [-0.25, -0.2) is 39.6 Å². The van der Waals surface area contributed by atoms with E-state index in [9.17, 15) is 36.3 Å². The van der Waals surface area contributed by atoms with Crippen molar-refractivity contribution in [1.82, 2.24) is 4.31 Å². The maximum absolute atomic E-state index is 15.1. The van der Waals surface area contributed by atoms with E-state index in [1.807, 2.05) is 32.9 Å². The van der Waals surface area contributed by atoms with E-state index < -0.39 is 80.4 Å². The average Bonchev–Trinajstić information content (AvgIpc) is 4.05. The molecule has 16 heteroatoms. The molecule has 0 aliphatic heterocycles. The Morgan fingerprint density at radius 1 is 0.855 bits per heavy atom. The average molecular weight is 809 g/mol. The van der Waals surface area contributed by atoms with E-state index >= 15 is 13.2 Å². The number of carbonyl (C=O) groups excluding carboxylic acids is 1. The number of hydrogen-bond donors (Lipinski definition) is 1. The Balaban J connectivity index is 1.51. The third kappa shape index (κ3) is 8.48. The molecule has 1 N–H and O–H groups in total. The van der Waals surface area contributed by atoms with E-state index in [1.54, 1.807) is 0 Å². The standard InChI is InChI=1S/C39H35ClF6N2O6S/c1-39(2,3)24-14-20(13-23(15-24)21-7-8-21)17-48(29-12-9-22(38(50)51)16-30(29)54-25-10-11-25)31(49)19-47(18-26-27(40)5-4-6-28(26)41)55(52,53)37-35(45)33(43)32(42)34(44)36(37)46/h4-6,9,12-16,21,25H,7-8,10-11,17-19H2,1-3H3,(H,50,51). The number of hydrogen-bond acceptors (Lipinski definition) is 5. The van der Waals surface area contributed by atoms with E-state index in [0.29, 0.717) is 18.4 Å². The number of ether oxygens (including phenoxy) is 1. The van der Waals surface area contributed by atoms with Gasteiger partial charge in [-0.15, -0.1) is 0 Å². The number of aromatic carboxylic acids is 1. The molecule has 2 fully saturated rings. The second-order valence-electron chi connectivity index (χ2n) is 14.6. The fraction of sp³-hybridized carbons (Fsp3) is 0.333. The largest absolute Gasteiger partial charge is 0.488 e. The quantitative estimate of drug-likeness (QED) is 0.0822. The van der Waals surface area contributed by atoms with Crippen molar-refractivity contribution >= 4 is 39.2 Å². The number of anilines is 1. The van der Waals surface area contributed by atoms with Crippen LogP contribution in [-0.4, -0.2) is 42.4 Å². The van der Waals surface area contributed by atoms with Crippen molar-refractivity contribution in [2.24, 2.45) is 0 Å². The summed E-state index contributed by atoms with van der Waals surface area (Å²) >= 11 is 6.18. The first-order chi connectivity index (χ1) is 25.8. The van der Waals surface area contributed by atoms with Gasteiger partial charge in [-0.3, -0.25) is 4.79 Å². The summed E-state index contributed by atoms with van der Waals surface area (Å²) in [6, 6.07) is 12.7. The molecule has 0 aromatic heterocycles. The molecule has 6 rings (SSSR count). The monoisotopic (exact) mass is 808 g/mol. The highest BCUT2D eigenvalue weighted by Crippen LogP contribution is 2.43. The molecule has 0 radical (unpaired) electrons. The Morgan fingerprint density at radius 3 is 2.05 bits per heavy atom. The molecular formula is C39H35ClF6N2O6S. The Bertz CT molecular complexity index is 2260. The number of benzene rings is 4. The molecule has 0 atom stereocenters. The number of rotatable bonds is 13. The lowest BCUT2D eigenvalue weighted by molar-refractivity contribution is -0.119. The molecule has 55 heavy (non-hydrogen) atoms. The van der Waals surface area contributed by atoms with Crippen LogP contribution in [0.15, 0.2) is 59.5 Å². The summed E-state index contributed by atoms with van der Waals surface area (Å²) in [5, 5.41) is 9.38. The van der Waals surface area contributed by atoms with Crippen molar-refractivity contribution in [1.29, 1.82) is 0 Å². The summed E-state index contributed by atoms with van der Waals surface area (Å²) in [5.41, 5.74) is 1.38. The topological polar surface area (TPSA) is 104 Å². The van der Waals surface area contributed by atoms with Gasteiger partial charge in [-0.2, -0.15) is 4.31 Å². The van der Waals surface area contributed by atoms with Crippen LogP contribution in [0, 0.1) is 34.9 Å². The molecule has 8 nitrogen and oxygen atoms in total. The minimum atomic E-state index is -5.86. The van der Waals surface area contributed by atoms with Crippen molar-refractivity contribution in [3.05, 3.63) is 122 Å². The maximum atomic E-state index is 15.1. The van der Waals surface area contributed by atoms with Gasteiger partial charge in [0.15, 0.2) is 28.2 Å². The number of halogens is 7. The molecule has 0 heterocycles. The van der Waals surface area contributed by atoms with Crippen LogP contribution in [0.2, 0.25) is 5.02 Å². The molecule has 292 valence electrons. The van der Waals surface area contributed by atoms with Crippen LogP contribution >= 0.6 is 11.6 Å². The Kier molecular flexibility index (Phi) is 11.0. The Hall–Kier alpha value is -4.60. The zero-order chi connectivity index (χ0) is 40.1. The fourth-order valence-corrected chi connectivity index (χ4v) is 7.67. The molecule has 2 aliphatic rings. The lowest BCUT2D eigenvalue weighted by Gasteiger charge is -2.30. The third-order valence-electron chi connectivity index (χ3n) is 9.36. The summed E-state index contributed by atoms with van der Waals surface area (Å²) < 4.78 is 122. The zero-order valence-electron chi connectivity index (χ0n) is 29.7. The van der Waals surface area contributed by atoms with Crippen LogP contribution in [0.5, 0.6) is 5.75 Å². The number of nitrogens with zero attached hydrogens (tertiary/aromatic N) is 2. The fourth-order valence-electron chi connectivity index (χ4n) is 5.98. The lowest BCUT2D eigenvalue weighted by atomic mass is 9.84. The van der Waals surface area contributed by atoms with Crippen molar-refractivity contribution in [2.45, 2.75) is 81.9 Å². The van der Waals surface area contributed by atoms with E-state index in [1.165, 1.54) is 30.3 Å². The number of carbonyl (C=O) groups is 2. The van der Waals surface area contributed by atoms with Gasteiger partial charge >= 0.3 is 5.97 Å². The maximum Gasteiger partial charge on any atom is 0.335 e. The van der Waals surface area contributed by atoms with Gasteiger partial charge in [0.2, 0.25) is 21.7 Å². The van der Waals surface area contributed by atoms with Crippen molar-refractivity contribution in [3.63, 3.8) is 0 Å². The van der Waals surface area contributed by atoms with Gasteiger partial charge in [0.05, 0.1) is 30.4 Å². The smallest absolute Gasteiger partial charge is 0.335 e. The van der Waals surface area contributed by atoms with E-state index in [2.05, 4.69) is 6.07 Å². The second kappa shape index (κ2) is 15.1. The number of carboxylic acid groups (broad SMARTS) is 1. The van der Waals surface area contributed by atoms with Gasteiger partial charge in [0.1, 0.15) is 11.6 Å². The van der Waals surface area contributed by atoms with Gasteiger partial charge in [-0.1, -0.05) is 56.6 Å². The minimum absolute atomic E-state index is 0.00598. The molecule has 4 aromatic carbocycles. The van der Waals surface area contributed by atoms with Gasteiger partial charge in [0, 0.05) is 17.1 Å². The van der Waals surface area contributed by atoms with Crippen LogP contribution < -0.4 is 9.64 Å². The molecule has 0 unspecified atom stereocenters. The first kappa shape index (κ1) is 40.1. The molecule has 0 spiro atoms. The Morgan fingerprint density at radius 2 is 1.49 bits per heavy atom. The molecule has 2 saturated carbocycles. The van der Waals surface area contributed by atoms with Gasteiger partial charge in [0.25, 0.3) is 0 Å². The number of amides is 1. The number of carboxylic acids is 1. The SMILES string of the molecule is CC(C)(C)c1cc(CN(C(=O)CN(Cc2c(F)cccc2Cl)S(=O)(=O)c2c(F)c(F)c(F)c(F)c2F)c2ccc(C(=O)O)cc2OC2CC2)cc(C2CC2)c1. The first-order valence-corrected chi connectivity index (χ1v) is 19.0. The Labute approximate surface area is 318 Å². The van der Waals surface area contributed by atoms with Gasteiger partial charge < -0.3 is 14.7 Å². The minimum Gasteiger partial charge on any atom is -0.488 e. The second-order valence-corrected chi connectivity index (χ2v) is 16.9. The highest BCUT2D eigenvalue weighted by molar-refractivity contribution is 7.89. The normalized spacial score (nSPS) is 14.7. The highest BCUT2D eigenvalue weighted by atomic mass is 35.5. The first-order valence-electron chi connectivity index (χ1n) is 17.2. The van der Waals surface area contributed by atoms with Crippen LogP contribution in [0.4, 0.5) is 32.0 Å². The molecular weight excluding hydrogens is 774 g/mol. The van der Waals surface area contributed by atoms with Gasteiger partial charge in [-0.05, 0) is 84.0 Å². The van der Waals surface area contributed by atoms with Crippen LogP contribution in [0.25, 0.3) is 0 Å². The summed E-state index contributed by atoms with van der Waals surface area (Å²) in [4.78, 5) is 25.4. The van der Waals surface area contributed by atoms with Crippen LogP contribution in [-0.2, 0) is 33.3 Å². The van der Waals surface area contributed by atoms with E-state index in [0.717, 1.165) is 34.9 Å². The van der Waals surface area contributed by atoms with Crippen molar-refractivity contribution in [2.75, 3.05) is 11.4 Å². The summed E-state index contributed by atoms with van der Waals surface area (Å²) in [7, 11) is -5.86. The predicted molar refractivity (Wildman–Crippen MR) is 191 cm³/mol.